The molecule has 0 radical (unpaired) electrons. The van der Waals surface area contributed by atoms with Crippen LogP contribution in [0.15, 0.2) is 21.6 Å². The summed E-state index contributed by atoms with van der Waals surface area (Å²) in [4.78, 5) is 27.7. The molecule has 0 atom stereocenters. The lowest BCUT2D eigenvalue weighted by Gasteiger charge is -2.31. The number of H-pyrrole nitrogens is 2. The molecule has 2 aromatic heterocycles. The van der Waals surface area contributed by atoms with Crippen LogP contribution < -0.4 is 5.69 Å². The van der Waals surface area contributed by atoms with Gasteiger partial charge in [-0.1, -0.05) is 5.16 Å². The number of aryl methyl sites for hydroxylation is 1. The summed E-state index contributed by atoms with van der Waals surface area (Å²) in [7, 11) is 0. The van der Waals surface area contributed by atoms with Crippen LogP contribution >= 0.6 is 0 Å². The van der Waals surface area contributed by atoms with Crippen molar-refractivity contribution in [3.63, 3.8) is 0 Å². The monoisotopic (exact) mass is 291 g/mol. The molecule has 0 saturated carbocycles. The van der Waals surface area contributed by atoms with Gasteiger partial charge in [-0.25, -0.2) is 9.89 Å². The highest BCUT2D eigenvalue weighted by atomic mass is 16.5. The predicted octanol–water partition coefficient (Wildman–Crippen LogP) is 0.425. The van der Waals surface area contributed by atoms with Gasteiger partial charge in [0.05, 0.1) is 5.69 Å². The SMILES string of the molecule is O=C(CCc1ccon1)N1CCC(c2n[nH]c(=O)[nH]2)CC1. The van der Waals surface area contributed by atoms with Crippen LogP contribution in [-0.2, 0) is 11.2 Å². The van der Waals surface area contributed by atoms with Gasteiger partial charge in [-0.2, -0.15) is 5.10 Å². The summed E-state index contributed by atoms with van der Waals surface area (Å²) in [5.74, 6) is 1.03. The molecule has 1 aliphatic rings. The molecule has 8 nitrogen and oxygen atoms in total. The van der Waals surface area contributed by atoms with E-state index in [0.29, 0.717) is 31.8 Å². The molecule has 0 spiro atoms. The minimum Gasteiger partial charge on any atom is -0.365 e. The van der Waals surface area contributed by atoms with E-state index in [1.165, 1.54) is 6.26 Å². The topological polar surface area (TPSA) is 108 Å². The van der Waals surface area contributed by atoms with Crippen molar-refractivity contribution in [1.29, 1.82) is 0 Å². The van der Waals surface area contributed by atoms with Gasteiger partial charge >= 0.3 is 5.69 Å². The van der Waals surface area contributed by atoms with Crippen molar-refractivity contribution in [2.24, 2.45) is 0 Å². The first-order valence-electron chi connectivity index (χ1n) is 7.04. The molecule has 1 fully saturated rings. The second-order valence-electron chi connectivity index (χ2n) is 5.21. The number of aromatic nitrogens is 4. The lowest BCUT2D eigenvalue weighted by Crippen LogP contribution is -2.38. The van der Waals surface area contributed by atoms with Crippen molar-refractivity contribution in [2.75, 3.05) is 13.1 Å². The Morgan fingerprint density at radius 2 is 2.24 bits per heavy atom. The standard InChI is InChI=1S/C13H17N5O3/c19-11(2-1-10-5-8-21-17-10)18-6-3-9(4-7-18)12-14-13(20)16-15-12/h5,8-9H,1-4,6-7H2,(H2,14,15,16,20). The molecular weight excluding hydrogens is 274 g/mol. The van der Waals surface area contributed by atoms with Gasteiger partial charge in [0, 0.05) is 37.9 Å². The maximum Gasteiger partial charge on any atom is 0.340 e. The zero-order chi connectivity index (χ0) is 14.7. The normalized spacial score (nSPS) is 16.3. The number of amides is 1. The first-order chi connectivity index (χ1) is 10.2. The van der Waals surface area contributed by atoms with Crippen LogP contribution in [-0.4, -0.2) is 44.2 Å². The summed E-state index contributed by atoms with van der Waals surface area (Å²) >= 11 is 0. The highest BCUT2D eigenvalue weighted by molar-refractivity contribution is 5.76. The Kier molecular flexibility index (Phi) is 3.85. The van der Waals surface area contributed by atoms with Crippen molar-refractivity contribution in [2.45, 2.75) is 31.6 Å². The molecule has 3 rings (SSSR count). The lowest BCUT2D eigenvalue weighted by atomic mass is 9.96. The number of aromatic amines is 2. The van der Waals surface area contributed by atoms with E-state index in [1.807, 2.05) is 4.90 Å². The van der Waals surface area contributed by atoms with Crippen molar-refractivity contribution < 1.29 is 9.32 Å². The van der Waals surface area contributed by atoms with Gasteiger partial charge in [-0.15, -0.1) is 0 Å². The van der Waals surface area contributed by atoms with Gasteiger partial charge in [-0.3, -0.25) is 9.78 Å². The second kappa shape index (κ2) is 5.94. The molecule has 1 aliphatic heterocycles. The molecule has 2 aromatic rings. The Morgan fingerprint density at radius 3 is 2.86 bits per heavy atom. The third-order valence-electron chi connectivity index (χ3n) is 3.84. The van der Waals surface area contributed by atoms with E-state index in [4.69, 9.17) is 4.52 Å². The number of carbonyl (C=O) groups is 1. The summed E-state index contributed by atoms with van der Waals surface area (Å²) in [5, 5.41) is 10.1. The molecule has 2 N–H and O–H groups in total. The Morgan fingerprint density at radius 1 is 1.43 bits per heavy atom. The van der Waals surface area contributed by atoms with Crippen LogP contribution in [0.25, 0.3) is 0 Å². The number of nitrogens with one attached hydrogen (secondary N) is 2. The Labute approximate surface area is 120 Å². The van der Waals surface area contributed by atoms with E-state index in [1.54, 1.807) is 6.07 Å². The summed E-state index contributed by atoms with van der Waals surface area (Å²) in [6, 6.07) is 1.77. The summed E-state index contributed by atoms with van der Waals surface area (Å²) < 4.78 is 4.74. The van der Waals surface area contributed by atoms with E-state index in [-0.39, 0.29) is 17.5 Å². The van der Waals surface area contributed by atoms with Crippen LogP contribution in [0.2, 0.25) is 0 Å². The molecule has 0 unspecified atom stereocenters. The smallest absolute Gasteiger partial charge is 0.340 e. The molecule has 112 valence electrons. The van der Waals surface area contributed by atoms with Gasteiger partial charge in [0.25, 0.3) is 0 Å². The maximum atomic E-state index is 12.1. The van der Waals surface area contributed by atoms with Gasteiger partial charge < -0.3 is 9.42 Å². The minimum absolute atomic E-state index is 0.131. The van der Waals surface area contributed by atoms with E-state index in [9.17, 15) is 9.59 Å². The first-order valence-corrected chi connectivity index (χ1v) is 7.04. The highest BCUT2D eigenvalue weighted by Crippen LogP contribution is 2.24. The number of likely N-dealkylation sites (tertiary alicyclic amines) is 1. The third-order valence-corrected chi connectivity index (χ3v) is 3.84. The molecule has 0 aliphatic carbocycles. The van der Waals surface area contributed by atoms with Crippen molar-refractivity contribution in [3.8, 4) is 0 Å². The van der Waals surface area contributed by atoms with Crippen LogP contribution in [0.1, 0.15) is 36.7 Å². The number of rotatable bonds is 4. The van der Waals surface area contributed by atoms with Gasteiger partial charge in [-0.05, 0) is 12.8 Å². The quantitative estimate of drug-likeness (QED) is 0.849. The average molecular weight is 291 g/mol. The fourth-order valence-electron chi connectivity index (χ4n) is 2.64. The number of piperidine rings is 1. The number of hydrogen-bond acceptors (Lipinski definition) is 5. The number of hydrogen-bond donors (Lipinski definition) is 2. The Hall–Kier alpha value is -2.38. The minimum atomic E-state index is -0.281. The molecule has 1 amide bonds. The van der Waals surface area contributed by atoms with E-state index < -0.39 is 0 Å². The second-order valence-corrected chi connectivity index (χ2v) is 5.21. The summed E-state index contributed by atoms with van der Waals surface area (Å²) in [5.41, 5.74) is 0.517. The average Bonchev–Trinajstić information content (AvgIpc) is 3.16. The van der Waals surface area contributed by atoms with Crippen molar-refractivity contribution in [3.05, 3.63) is 34.3 Å². The van der Waals surface area contributed by atoms with Gasteiger partial charge in [0.2, 0.25) is 5.91 Å². The maximum absolute atomic E-state index is 12.1. The van der Waals surface area contributed by atoms with Gasteiger partial charge in [0.15, 0.2) is 0 Å². The predicted molar refractivity (Wildman–Crippen MR) is 72.6 cm³/mol. The Bertz CT molecular complexity index is 637. The molecule has 0 bridgehead atoms. The Balaban J connectivity index is 1.48. The van der Waals surface area contributed by atoms with Crippen LogP contribution in [0, 0.1) is 0 Å². The molecule has 0 aromatic carbocycles. The summed E-state index contributed by atoms with van der Waals surface area (Å²) in [6.45, 7) is 1.38. The fraction of sp³-hybridized carbons (Fsp3) is 0.538. The summed E-state index contributed by atoms with van der Waals surface area (Å²) in [6.07, 6.45) is 4.18. The molecule has 1 saturated heterocycles. The molecule has 21 heavy (non-hydrogen) atoms. The van der Waals surface area contributed by atoms with Crippen LogP contribution in [0.4, 0.5) is 0 Å². The molecule has 3 heterocycles. The number of nitrogens with zero attached hydrogens (tertiary/aromatic N) is 3. The van der Waals surface area contributed by atoms with Crippen molar-refractivity contribution >= 4 is 5.91 Å². The van der Waals surface area contributed by atoms with E-state index in [0.717, 1.165) is 18.5 Å². The van der Waals surface area contributed by atoms with E-state index >= 15 is 0 Å². The highest BCUT2D eigenvalue weighted by Gasteiger charge is 2.25. The van der Waals surface area contributed by atoms with Crippen LogP contribution in [0.5, 0.6) is 0 Å². The molecule has 8 heteroatoms. The van der Waals surface area contributed by atoms with Gasteiger partial charge in [0.1, 0.15) is 12.1 Å². The first kappa shape index (κ1) is 13.6. The van der Waals surface area contributed by atoms with Crippen LogP contribution in [0.3, 0.4) is 0 Å². The number of carbonyl (C=O) groups excluding carboxylic acids is 1. The zero-order valence-corrected chi connectivity index (χ0v) is 11.5. The molecular formula is C13H17N5O3. The third kappa shape index (κ3) is 3.21. The largest absolute Gasteiger partial charge is 0.365 e. The lowest BCUT2D eigenvalue weighted by molar-refractivity contribution is -0.132. The van der Waals surface area contributed by atoms with E-state index in [2.05, 4.69) is 20.3 Å². The zero-order valence-electron chi connectivity index (χ0n) is 11.5. The fourth-order valence-corrected chi connectivity index (χ4v) is 2.64. The van der Waals surface area contributed by atoms with Crippen molar-refractivity contribution in [1.82, 2.24) is 25.2 Å².